The molecule has 2 aromatic heterocycles. The van der Waals surface area contributed by atoms with Gasteiger partial charge in [0.2, 0.25) is 5.91 Å². The van der Waals surface area contributed by atoms with Gasteiger partial charge in [0, 0.05) is 35.3 Å². The fourth-order valence-electron chi connectivity index (χ4n) is 3.16. The number of amides is 1. The molecule has 0 saturated heterocycles. The number of carbonyl (C=O) groups is 1. The van der Waals surface area contributed by atoms with Gasteiger partial charge >= 0.3 is 0 Å². The molecule has 0 spiro atoms. The number of rotatable bonds is 6. The molecule has 0 fully saturated rings. The number of nitro benzene ring substituents is 1. The van der Waals surface area contributed by atoms with E-state index >= 15 is 0 Å². The second-order valence-corrected chi connectivity index (χ2v) is 7.42. The number of aromatic amines is 1. The normalized spacial score (nSPS) is 11.1. The summed E-state index contributed by atoms with van der Waals surface area (Å²) in [5, 5.41) is 14.7. The highest BCUT2D eigenvalue weighted by Gasteiger charge is 2.16. The van der Waals surface area contributed by atoms with Crippen LogP contribution in [0.2, 0.25) is 0 Å². The van der Waals surface area contributed by atoms with Crippen molar-refractivity contribution in [3.05, 3.63) is 69.0 Å². The Morgan fingerprint density at radius 2 is 1.97 bits per heavy atom. The Morgan fingerprint density at radius 1 is 1.23 bits per heavy atom. The number of nitrogens with one attached hydrogen (secondary N) is 2. The number of carbonyl (C=O) groups excluding carboxylic acids is 1. The van der Waals surface area contributed by atoms with Crippen molar-refractivity contribution in [1.29, 1.82) is 0 Å². The molecule has 2 heterocycles. The number of nitro groups is 1. The summed E-state index contributed by atoms with van der Waals surface area (Å²) in [5.74, 6) is -0.262. The molecule has 0 unspecified atom stereocenters. The number of H-pyrrole nitrogens is 1. The van der Waals surface area contributed by atoms with Gasteiger partial charge in [-0.15, -0.1) is 0 Å². The van der Waals surface area contributed by atoms with Crippen LogP contribution in [0, 0.1) is 10.1 Å². The van der Waals surface area contributed by atoms with Crippen LogP contribution in [0.3, 0.4) is 0 Å². The summed E-state index contributed by atoms with van der Waals surface area (Å²) >= 11 is 1.17. The Morgan fingerprint density at radius 3 is 2.67 bits per heavy atom. The van der Waals surface area contributed by atoms with Gasteiger partial charge < -0.3 is 10.3 Å². The zero-order chi connectivity index (χ0) is 21.3. The Kier molecular flexibility index (Phi) is 5.23. The Balaban J connectivity index is 1.57. The maximum atomic E-state index is 12.9. The monoisotopic (exact) mass is 423 g/mol. The molecule has 2 aromatic carbocycles. The number of nitrogens with zero attached hydrogens (tertiary/aromatic N) is 3. The molecule has 2 N–H and O–H groups in total. The molecule has 152 valence electrons. The molecule has 0 aliphatic rings. The Hall–Kier alpha value is -3.66. The minimum atomic E-state index is -0.502. The molecule has 0 saturated carbocycles. The van der Waals surface area contributed by atoms with Gasteiger partial charge in [-0.05, 0) is 25.1 Å². The van der Waals surface area contributed by atoms with Gasteiger partial charge in [-0.25, -0.2) is 4.98 Å². The molecule has 0 bridgehead atoms. The molecule has 30 heavy (non-hydrogen) atoms. The summed E-state index contributed by atoms with van der Waals surface area (Å²) in [7, 11) is 0. The highest BCUT2D eigenvalue weighted by atomic mass is 32.2. The van der Waals surface area contributed by atoms with Crippen LogP contribution in [0.4, 0.5) is 11.4 Å². The fourth-order valence-corrected chi connectivity index (χ4v) is 4.01. The molecule has 0 atom stereocenters. The lowest BCUT2D eigenvalue weighted by Crippen LogP contribution is -2.23. The highest BCUT2D eigenvalue weighted by Crippen LogP contribution is 2.25. The predicted molar refractivity (Wildman–Crippen MR) is 116 cm³/mol. The molecule has 1 amide bonds. The van der Waals surface area contributed by atoms with Gasteiger partial charge in [-0.1, -0.05) is 30.0 Å². The van der Waals surface area contributed by atoms with Crippen molar-refractivity contribution in [2.24, 2.45) is 0 Å². The maximum absolute atomic E-state index is 12.9. The van der Waals surface area contributed by atoms with E-state index in [2.05, 4.69) is 15.3 Å². The van der Waals surface area contributed by atoms with Crippen molar-refractivity contribution in [1.82, 2.24) is 14.5 Å². The average Bonchev–Trinajstić information content (AvgIpc) is 3.12. The molecule has 10 heteroatoms. The predicted octanol–water partition coefficient (Wildman–Crippen LogP) is 3.54. The van der Waals surface area contributed by atoms with Gasteiger partial charge in [0.15, 0.2) is 5.16 Å². The lowest BCUT2D eigenvalue weighted by molar-refractivity contribution is -0.384. The van der Waals surface area contributed by atoms with Crippen LogP contribution in [0.1, 0.15) is 6.92 Å². The van der Waals surface area contributed by atoms with Crippen molar-refractivity contribution in [3.8, 4) is 0 Å². The largest absolute Gasteiger partial charge is 0.349 e. The van der Waals surface area contributed by atoms with Gasteiger partial charge in [-0.2, -0.15) is 0 Å². The standard InChI is InChI=1S/C20H17N5O4S/c1-2-24-19(27)18-17(14-5-3-4-6-15(14)22-18)23-20(24)30-11-16(26)21-12-7-9-13(10-8-12)25(28)29/h3-10,22H,2,11H2,1H3,(H,21,26). The number of aromatic nitrogens is 3. The number of benzene rings is 2. The first-order valence-electron chi connectivity index (χ1n) is 9.16. The number of non-ortho nitro benzene ring substituents is 1. The summed E-state index contributed by atoms with van der Waals surface area (Å²) in [4.78, 5) is 43.2. The van der Waals surface area contributed by atoms with Crippen molar-refractivity contribution in [2.45, 2.75) is 18.6 Å². The topological polar surface area (TPSA) is 123 Å². The van der Waals surface area contributed by atoms with Crippen molar-refractivity contribution in [3.63, 3.8) is 0 Å². The third-order valence-corrected chi connectivity index (χ3v) is 5.56. The second-order valence-electron chi connectivity index (χ2n) is 6.48. The van der Waals surface area contributed by atoms with E-state index in [1.54, 1.807) is 0 Å². The average molecular weight is 423 g/mol. The van der Waals surface area contributed by atoms with Crippen LogP contribution in [0.25, 0.3) is 21.9 Å². The maximum Gasteiger partial charge on any atom is 0.278 e. The van der Waals surface area contributed by atoms with Gasteiger partial charge in [0.25, 0.3) is 11.2 Å². The number of para-hydroxylation sites is 1. The Bertz CT molecular complexity index is 1330. The summed E-state index contributed by atoms with van der Waals surface area (Å²) in [6.07, 6.45) is 0. The molecule has 4 aromatic rings. The molecule has 0 aliphatic carbocycles. The number of thioether (sulfide) groups is 1. The van der Waals surface area contributed by atoms with E-state index in [-0.39, 0.29) is 22.9 Å². The van der Waals surface area contributed by atoms with E-state index in [1.807, 2.05) is 31.2 Å². The van der Waals surface area contributed by atoms with Crippen LogP contribution in [-0.2, 0) is 11.3 Å². The number of hydrogen-bond donors (Lipinski definition) is 2. The smallest absolute Gasteiger partial charge is 0.278 e. The zero-order valence-electron chi connectivity index (χ0n) is 15.9. The molecule has 0 aliphatic heterocycles. The Labute approximate surface area is 174 Å². The lowest BCUT2D eigenvalue weighted by atomic mass is 10.2. The number of fused-ring (bicyclic) bond motifs is 3. The minimum absolute atomic E-state index is 0.0390. The molecular formula is C20H17N5O4S. The molecule has 4 rings (SSSR count). The first-order chi connectivity index (χ1) is 14.5. The van der Waals surface area contributed by atoms with Crippen LogP contribution < -0.4 is 10.9 Å². The van der Waals surface area contributed by atoms with E-state index in [1.165, 1.54) is 40.6 Å². The quantitative estimate of drug-likeness (QED) is 0.212. The van der Waals surface area contributed by atoms with E-state index in [9.17, 15) is 19.7 Å². The van der Waals surface area contributed by atoms with Crippen LogP contribution in [0.15, 0.2) is 58.5 Å². The van der Waals surface area contributed by atoms with Crippen LogP contribution in [-0.4, -0.2) is 31.1 Å². The van der Waals surface area contributed by atoms with Gasteiger partial charge in [-0.3, -0.25) is 24.3 Å². The van der Waals surface area contributed by atoms with E-state index in [4.69, 9.17) is 0 Å². The van der Waals surface area contributed by atoms with Gasteiger partial charge in [0.1, 0.15) is 11.0 Å². The summed E-state index contributed by atoms with van der Waals surface area (Å²) < 4.78 is 1.53. The third-order valence-electron chi connectivity index (χ3n) is 4.59. The van der Waals surface area contributed by atoms with Crippen molar-refractivity contribution >= 4 is 51.0 Å². The third kappa shape index (κ3) is 3.64. The van der Waals surface area contributed by atoms with Gasteiger partial charge in [0.05, 0.1) is 10.7 Å². The molecule has 0 radical (unpaired) electrons. The van der Waals surface area contributed by atoms with Crippen LogP contribution in [0.5, 0.6) is 0 Å². The second kappa shape index (κ2) is 7.99. The van der Waals surface area contributed by atoms with Crippen molar-refractivity contribution in [2.75, 3.05) is 11.1 Å². The number of anilines is 1. The van der Waals surface area contributed by atoms with Crippen LogP contribution >= 0.6 is 11.8 Å². The van der Waals surface area contributed by atoms with E-state index in [0.29, 0.717) is 28.4 Å². The minimum Gasteiger partial charge on any atom is -0.349 e. The van der Waals surface area contributed by atoms with E-state index < -0.39 is 4.92 Å². The highest BCUT2D eigenvalue weighted by molar-refractivity contribution is 7.99. The zero-order valence-corrected chi connectivity index (χ0v) is 16.7. The number of hydrogen-bond acceptors (Lipinski definition) is 6. The fraction of sp³-hybridized carbons (Fsp3) is 0.150. The lowest BCUT2D eigenvalue weighted by Gasteiger charge is -2.10. The molecule has 9 nitrogen and oxygen atoms in total. The van der Waals surface area contributed by atoms with Crippen molar-refractivity contribution < 1.29 is 9.72 Å². The SMILES string of the molecule is CCn1c(SCC(=O)Nc2ccc([N+](=O)[O-])cc2)nc2c([nH]c3ccccc32)c1=O. The summed E-state index contributed by atoms with van der Waals surface area (Å²) in [6, 6.07) is 13.1. The first kappa shape index (κ1) is 19.6. The van der Waals surface area contributed by atoms with E-state index in [0.717, 1.165) is 10.9 Å². The molecular weight excluding hydrogens is 406 g/mol. The first-order valence-corrected chi connectivity index (χ1v) is 10.1. The summed E-state index contributed by atoms with van der Waals surface area (Å²) in [5.41, 5.74) is 2.08. The summed E-state index contributed by atoms with van der Waals surface area (Å²) in [6.45, 7) is 2.27.